The van der Waals surface area contributed by atoms with E-state index in [2.05, 4.69) is 10.3 Å². The number of aromatic nitrogens is 1. The molecule has 1 saturated heterocycles. The first kappa shape index (κ1) is 22.7. The van der Waals surface area contributed by atoms with Crippen molar-refractivity contribution in [1.82, 2.24) is 15.2 Å². The van der Waals surface area contributed by atoms with E-state index in [0.717, 1.165) is 16.7 Å². The standard InChI is InChI=1S/C27H23FN4O3/c1-27(28)12-19(13-29)32(15-27)25(34)7-6-24(33)21-8-9-30-23-5-3-17(11-22(21)23)16-2-4-20-18(10-16)14-31-26(20)35/h2-5,8-11,19H,6-7,12,14-15H2,1H3,(H,31,35)/t19-,27?/m0/s1. The number of nitrogens with zero attached hydrogens (tertiary/aromatic N) is 3. The number of ketones is 1. The Labute approximate surface area is 201 Å². The van der Waals surface area contributed by atoms with Gasteiger partial charge in [-0.25, -0.2) is 4.39 Å². The molecule has 5 rings (SSSR count). The SMILES string of the molecule is CC1(F)C[C@@H](C#N)N(C(=O)CCC(=O)c2ccnc3ccc(-c4ccc5c(c4)CNC5=O)cc23)C1. The van der Waals surface area contributed by atoms with Crippen molar-refractivity contribution in [3.05, 3.63) is 65.4 Å². The van der Waals surface area contributed by atoms with Crippen LogP contribution in [-0.2, 0) is 11.3 Å². The molecule has 2 aliphatic rings. The van der Waals surface area contributed by atoms with Crippen molar-refractivity contribution in [3.8, 4) is 17.2 Å². The third-order valence-electron chi connectivity index (χ3n) is 6.70. The maximum atomic E-state index is 14.3. The average molecular weight is 471 g/mol. The van der Waals surface area contributed by atoms with Gasteiger partial charge in [-0.1, -0.05) is 12.1 Å². The van der Waals surface area contributed by atoms with E-state index >= 15 is 0 Å². The molecular formula is C27H23FN4O3. The quantitative estimate of drug-likeness (QED) is 0.569. The number of nitrogens with one attached hydrogen (secondary N) is 1. The molecule has 1 unspecified atom stereocenters. The second kappa shape index (κ2) is 8.58. The third kappa shape index (κ3) is 4.26. The van der Waals surface area contributed by atoms with Gasteiger partial charge in [-0.3, -0.25) is 19.4 Å². The summed E-state index contributed by atoms with van der Waals surface area (Å²) in [5, 5.41) is 12.8. The molecule has 7 nitrogen and oxygen atoms in total. The summed E-state index contributed by atoms with van der Waals surface area (Å²) in [6.07, 6.45) is 1.40. The van der Waals surface area contributed by atoms with Crippen LogP contribution in [0.15, 0.2) is 48.7 Å². The Morgan fingerprint density at radius 1 is 1.20 bits per heavy atom. The van der Waals surface area contributed by atoms with E-state index in [9.17, 15) is 24.0 Å². The molecular weight excluding hydrogens is 447 g/mol. The van der Waals surface area contributed by atoms with Gasteiger partial charge in [0.15, 0.2) is 5.78 Å². The molecule has 176 valence electrons. The summed E-state index contributed by atoms with van der Waals surface area (Å²) in [5.41, 5.74) is 2.91. The van der Waals surface area contributed by atoms with Crippen LogP contribution in [0.5, 0.6) is 0 Å². The van der Waals surface area contributed by atoms with Crippen LogP contribution in [0.4, 0.5) is 4.39 Å². The number of hydrogen-bond donors (Lipinski definition) is 1. The number of fused-ring (bicyclic) bond motifs is 2. The number of pyridine rings is 1. The van der Waals surface area contributed by atoms with Crippen molar-refractivity contribution in [2.45, 2.75) is 44.4 Å². The number of amides is 2. The minimum atomic E-state index is -1.60. The Hall–Kier alpha value is -4.12. The summed E-state index contributed by atoms with van der Waals surface area (Å²) < 4.78 is 14.3. The molecule has 0 spiro atoms. The highest BCUT2D eigenvalue weighted by molar-refractivity contribution is 6.08. The number of carbonyl (C=O) groups is 3. The van der Waals surface area contributed by atoms with Gasteiger partial charge in [-0.15, -0.1) is 0 Å². The number of likely N-dealkylation sites (tertiary alicyclic amines) is 1. The fourth-order valence-electron chi connectivity index (χ4n) is 4.90. The van der Waals surface area contributed by atoms with Crippen LogP contribution >= 0.6 is 0 Å². The number of halogens is 1. The molecule has 2 aromatic carbocycles. The number of alkyl halides is 1. The minimum Gasteiger partial charge on any atom is -0.348 e. The fourth-order valence-corrected chi connectivity index (χ4v) is 4.90. The van der Waals surface area contributed by atoms with Crippen LogP contribution in [0, 0.1) is 11.3 Å². The molecule has 8 heteroatoms. The van der Waals surface area contributed by atoms with Crippen LogP contribution in [0.25, 0.3) is 22.0 Å². The Morgan fingerprint density at radius 3 is 2.77 bits per heavy atom. The summed E-state index contributed by atoms with van der Waals surface area (Å²) in [6.45, 7) is 1.73. The Balaban J connectivity index is 1.38. The van der Waals surface area contributed by atoms with E-state index in [-0.39, 0.29) is 37.5 Å². The van der Waals surface area contributed by atoms with E-state index in [1.54, 1.807) is 18.3 Å². The highest BCUT2D eigenvalue weighted by atomic mass is 19.1. The zero-order valence-electron chi connectivity index (χ0n) is 19.2. The first-order valence-electron chi connectivity index (χ1n) is 11.5. The molecule has 2 atom stereocenters. The maximum Gasteiger partial charge on any atom is 0.251 e. The number of Topliss-reactive ketones (excluding diaryl/α,β-unsaturated/α-hetero) is 1. The molecule has 2 amide bonds. The number of hydrogen-bond acceptors (Lipinski definition) is 5. The predicted molar refractivity (Wildman–Crippen MR) is 127 cm³/mol. The van der Waals surface area contributed by atoms with Gasteiger partial charge in [0.05, 0.1) is 18.1 Å². The van der Waals surface area contributed by atoms with Gasteiger partial charge in [-0.05, 0) is 53.9 Å². The Kier molecular flexibility index (Phi) is 5.56. The zero-order chi connectivity index (χ0) is 24.7. The molecule has 1 aromatic heterocycles. The van der Waals surface area contributed by atoms with E-state index in [1.807, 2.05) is 36.4 Å². The van der Waals surface area contributed by atoms with E-state index < -0.39 is 17.6 Å². The van der Waals surface area contributed by atoms with E-state index in [4.69, 9.17) is 0 Å². The molecule has 3 aromatic rings. The Bertz CT molecular complexity index is 1430. The molecule has 0 bridgehead atoms. The highest BCUT2D eigenvalue weighted by Crippen LogP contribution is 2.31. The highest BCUT2D eigenvalue weighted by Gasteiger charge is 2.43. The normalized spacial score (nSPS) is 21.0. The molecule has 3 heterocycles. The number of benzene rings is 2. The maximum absolute atomic E-state index is 14.3. The summed E-state index contributed by atoms with van der Waals surface area (Å²) in [5.74, 6) is -0.697. The monoisotopic (exact) mass is 470 g/mol. The summed E-state index contributed by atoms with van der Waals surface area (Å²) >= 11 is 0. The fraction of sp³-hybridized carbons (Fsp3) is 0.296. The van der Waals surface area contributed by atoms with Crippen LogP contribution in [0.1, 0.15) is 52.5 Å². The molecule has 0 aliphatic carbocycles. The van der Waals surface area contributed by atoms with Crippen molar-refractivity contribution in [2.24, 2.45) is 0 Å². The summed E-state index contributed by atoms with van der Waals surface area (Å²) in [6, 6.07) is 14.1. The van der Waals surface area contributed by atoms with Gasteiger partial charge < -0.3 is 10.2 Å². The van der Waals surface area contributed by atoms with Crippen molar-refractivity contribution in [3.63, 3.8) is 0 Å². The Morgan fingerprint density at radius 2 is 1.97 bits per heavy atom. The predicted octanol–water partition coefficient (Wildman–Crippen LogP) is 3.96. The third-order valence-corrected chi connectivity index (χ3v) is 6.70. The van der Waals surface area contributed by atoms with Crippen molar-refractivity contribution in [2.75, 3.05) is 6.54 Å². The van der Waals surface area contributed by atoms with Crippen molar-refractivity contribution < 1.29 is 18.8 Å². The van der Waals surface area contributed by atoms with Gasteiger partial charge in [-0.2, -0.15) is 5.26 Å². The van der Waals surface area contributed by atoms with E-state index in [0.29, 0.717) is 28.6 Å². The van der Waals surface area contributed by atoms with Crippen LogP contribution in [0.3, 0.4) is 0 Å². The lowest BCUT2D eigenvalue weighted by molar-refractivity contribution is -0.131. The second-order valence-corrected chi connectivity index (χ2v) is 9.35. The lowest BCUT2D eigenvalue weighted by Crippen LogP contribution is -2.36. The molecule has 1 N–H and O–H groups in total. The van der Waals surface area contributed by atoms with Crippen molar-refractivity contribution >= 4 is 28.5 Å². The second-order valence-electron chi connectivity index (χ2n) is 9.35. The van der Waals surface area contributed by atoms with Gasteiger partial charge >= 0.3 is 0 Å². The number of carbonyl (C=O) groups excluding carboxylic acids is 3. The van der Waals surface area contributed by atoms with Gasteiger partial charge in [0, 0.05) is 48.5 Å². The smallest absolute Gasteiger partial charge is 0.251 e. The van der Waals surface area contributed by atoms with Crippen LogP contribution < -0.4 is 5.32 Å². The molecule has 2 aliphatic heterocycles. The molecule has 1 fully saturated rings. The lowest BCUT2D eigenvalue weighted by atomic mass is 9.96. The first-order chi connectivity index (χ1) is 16.8. The zero-order valence-corrected chi connectivity index (χ0v) is 19.2. The summed E-state index contributed by atoms with van der Waals surface area (Å²) in [4.78, 5) is 43.2. The average Bonchev–Trinajstić information content (AvgIpc) is 3.39. The largest absolute Gasteiger partial charge is 0.348 e. The van der Waals surface area contributed by atoms with Gasteiger partial charge in [0.2, 0.25) is 5.91 Å². The number of rotatable bonds is 5. The van der Waals surface area contributed by atoms with Gasteiger partial charge in [0.1, 0.15) is 11.7 Å². The number of nitriles is 1. The van der Waals surface area contributed by atoms with E-state index in [1.165, 1.54) is 11.8 Å². The molecule has 0 radical (unpaired) electrons. The molecule has 35 heavy (non-hydrogen) atoms. The van der Waals surface area contributed by atoms with Crippen LogP contribution in [0.2, 0.25) is 0 Å². The first-order valence-corrected chi connectivity index (χ1v) is 11.5. The van der Waals surface area contributed by atoms with Gasteiger partial charge in [0.25, 0.3) is 5.91 Å². The minimum absolute atomic E-state index is 0.0200. The lowest BCUT2D eigenvalue weighted by Gasteiger charge is -2.19. The molecule has 0 saturated carbocycles. The topological polar surface area (TPSA) is 103 Å². The van der Waals surface area contributed by atoms with Crippen LogP contribution in [-0.4, -0.2) is 45.7 Å². The van der Waals surface area contributed by atoms with Crippen molar-refractivity contribution in [1.29, 1.82) is 5.26 Å². The summed E-state index contributed by atoms with van der Waals surface area (Å²) in [7, 11) is 0.